The van der Waals surface area contributed by atoms with Gasteiger partial charge in [0, 0.05) is 15.6 Å². The van der Waals surface area contributed by atoms with Crippen LogP contribution < -0.4 is 4.74 Å². The molecule has 114 valence electrons. The predicted molar refractivity (Wildman–Crippen MR) is 93.9 cm³/mol. The van der Waals surface area contributed by atoms with Crippen LogP contribution in [0.2, 0.25) is 0 Å². The Morgan fingerprint density at radius 3 is 2.10 bits per heavy atom. The smallest absolute Gasteiger partial charge is 0.126 e. The monoisotopic (exact) mass is 414 g/mol. The van der Waals surface area contributed by atoms with Gasteiger partial charge in [0.15, 0.2) is 0 Å². The van der Waals surface area contributed by atoms with Crippen molar-refractivity contribution < 1.29 is 9.15 Å². The highest BCUT2D eigenvalue weighted by Gasteiger charge is 2.26. The molecule has 0 saturated carbocycles. The summed E-state index contributed by atoms with van der Waals surface area (Å²) >= 11 is 7.50. The Hall–Kier alpha value is -0.740. The lowest BCUT2D eigenvalue weighted by Gasteiger charge is -2.20. The van der Waals surface area contributed by atoms with Gasteiger partial charge in [-0.1, -0.05) is 31.9 Å². The van der Waals surface area contributed by atoms with E-state index in [1.54, 1.807) is 7.11 Å². The van der Waals surface area contributed by atoms with Gasteiger partial charge in [-0.3, -0.25) is 0 Å². The lowest BCUT2D eigenvalue weighted by Crippen LogP contribution is -2.04. The fourth-order valence-corrected chi connectivity index (χ4v) is 4.55. The summed E-state index contributed by atoms with van der Waals surface area (Å²) in [6, 6.07) is 2.09. The topological polar surface area (TPSA) is 22.4 Å². The number of hydrogen-bond donors (Lipinski definition) is 0. The van der Waals surface area contributed by atoms with Gasteiger partial charge in [0.05, 0.1) is 11.9 Å². The third-order valence-corrected chi connectivity index (χ3v) is 5.78. The van der Waals surface area contributed by atoms with Gasteiger partial charge in [-0.05, 0) is 57.4 Å². The molecule has 0 aliphatic rings. The van der Waals surface area contributed by atoms with Crippen molar-refractivity contribution in [3.05, 3.63) is 49.9 Å². The Morgan fingerprint density at radius 2 is 1.62 bits per heavy atom. The summed E-state index contributed by atoms with van der Waals surface area (Å²) in [5, 5.41) is 0. The van der Waals surface area contributed by atoms with E-state index in [0.717, 1.165) is 32.9 Å². The molecule has 0 aliphatic carbocycles. The number of furan rings is 1. The minimum atomic E-state index is 0.0427. The lowest BCUT2D eigenvalue weighted by atomic mass is 9.95. The Balaban J connectivity index is 2.71. The first-order chi connectivity index (χ1) is 9.79. The van der Waals surface area contributed by atoms with E-state index in [2.05, 4.69) is 58.7 Å². The summed E-state index contributed by atoms with van der Waals surface area (Å²) < 4.78 is 12.5. The summed E-state index contributed by atoms with van der Waals surface area (Å²) in [5.41, 5.74) is 5.82. The summed E-state index contributed by atoms with van der Waals surface area (Å²) in [6.45, 7) is 10.3. The second-order valence-electron chi connectivity index (χ2n) is 5.36. The van der Waals surface area contributed by atoms with E-state index in [-0.39, 0.29) is 4.83 Å². The Kier molecular flexibility index (Phi) is 4.89. The van der Waals surface area contributed by atoms with Crippen LogP contribution in [0, 0.1) is 34.6 Å². The molecule has 1 aromatic carbocycles. The average molecular weight is 416 g/mol. The first-order valence-electron chi connectivity index (χ1n) is 6.83. The molecule has 1 heterocycles. The molecule has 1 aromatic heterocycles. The molecule has 0 N–H and O–H groups in total. The van der Waals surface area contributed by atoms with Crippen LogP contribution in [0.5, 0.6) is 5.75 Å². The number of rotatable bonds is 3. The number of benzene rings is 1. The minimum absolute atomic E-state index is 0.0427. The maximum Gasteiger partial charge on any atom is 0.126 e. The van der Waals surface area contributed by atoms with Crippen molar-refractivity contribution in [1.29, 1.82) is 0 Å². The highest BCUT2D eigenvalue weighted by Crippen LogP contribution is 2.45. The van der Waals surface area contributed by atoms with Crippen molar-refractivity contribution in [1.82, 2.24) is 0 Å². The number of ether oxygens (including phenoxy) is 1. The van der Waals surface area contributed by atoms with Crippen LogP contribution in [0.3, 0.4) is 0 Å². The van der Waals surface area contributed by atoms with Crippen LogP contribution in [0.15, 0.2) is 15.0 Å². The zero-order valence-corrected chi connectivity index (χ0v) is 16.4. The predicted octanol–water partition coefficient (Wildman–Crippen LogP) is 6.08. The molecule has 0 radical (unpaired) electrons. The summed E-state index contributed by atoms with van der Waals surface area (Å²) in [6.07, 6.45) is 0. The molecule has 0 spiro atoms. The molecule has 2 nitrogen and oxygen atoms in total. The molecule has 2 rings (SSSR count). The highest BCUT2D eigenvalue weighted by atomic mass is 79.9. The quantitative estimate of drug-likeness (QED) is 0.567. The van der Waals surface area contributed by atoms with Crippen molar-refractivity contribution in [3.63, 3.8) is 0 Å². The Bertz CT molecular complexity index is 687. The standard InChI is InChI=1S/C17H20Br2O2/c1-8-7-13(18)10(3)15(17(8)20-6)16(19)14-9(2)11(4)21-12(14)5/h7,16H,1-6H3. The number of alkyl halides is 1. The SMILES string of the molecule is COc1c(C)cc(Br)c(C)c1C(Br)c1c(C)oc(C)c1C. The van der Waals surface area contributed by atoms with Crippen LogP contribution in [0.4, 0.5) is 0 Å². The minimum Gasteiger partial charge on any atom is -0.496 e. The second kappa shape index (κ2) is 6.17. The fourth-order valence-electron chi connectivity index (χ4n) is 2.78. The first-order valence-corrected chi connectivity index (χ1v) is 8.54. The van der Waals surface area contributed by atoms with Crippen LogP contribution >= 0.6 is 31.9 Å². The molecule has 1 unspecified atom stereocenters. The van der Waals surface area contributed by atoms with Crippen LogP contribution in [0.25, 0.3) is 0 Å². The van der Waals surface area contributed by atoms with Gasteiger partial charge < -0.3 is 9.15 Å². The van der Waals surface area contributed by atoms with Crippen LogP contribution in [0.1, 0.15) is 44.2 Å². The van der Waals surface area contributed by atoms with Crippen molar-refractivity contribution in [2.75, 3.05) is 7.11 Å². The summed E-state index contributed by atoms with van der Waals surface area (Å²) in [5.74, 6) is 2.84. The van der Waals surface area contributed by atoms with Gasteiger partial charge >= 0.3 is 0 Å². The lowest BCUT2D eigenvalue weighted by molar-refractivity contribution is 0.406. The second-order valence-corrected chi connectivity index (χ2v) is 7.13. The van der Waals surface area contributed by atoms with Gasteiger partial charge in [0.2, 0.25) is 0 Å². The van der Waals surface area contributed by atoms with Gasteiger partial charge in [-0.25, -0.2) is 0 Å². The Labute approximate surface area is 143 Å². The number of hydrogen-bond acceptors (Lipinski definition) is 2. The van der Waals surface area contributed by atoms with E-state index >= 15 is 0 Å². The van der Waals surface area contributed by atoms with E-state index in [1.807, 2.05) is 13.8 Å². The maximum absolute atomic E-state index is 5.78. The van der Waals surface area contributed by atoms with Gasteiger partial charge in [0.25, 0.3) is 0 Å². The first kappa shape index (κ1) is 16.6. The van der Waals surface area contributed by atoms with E-state index in [1.165, 1.54) is 16.7 Å². The molecule has 0 bridgehead atoms. The number of halogens is 2. The molecule has 0 amide bonds. The molecule has 2 aromatic rings. The molecule has 0 aliphatic heterocycles. The Morgan fingerprint density at radius 1 is 1.00 bits per heavy atom. The van der Waals surface area contributed by atoms with Crippen molar-refractivity contribution in [2.45, 2.75) is 39.4 Å². The van der Waals surface area contributed by atoms with Crippen LogP contribution in [-0.2, 0) is 0 Å². The summed E-state index contributed by atoms with van der Waals surface area (Å²) in [7, 11) is 1.72. The van der Waals surface area contributed by atoms with E-state index < -0.39 is 0 Å². The average Bonchev–Trinajstić information content (AvgIpc) is 2.66. The normalized spacial score (nSPS) is 12.6. The van der Waals surface area contributed by atoms with Crippen molar-refractivity contribution in [2.24, 2.45) is 0 Å². The summed E-state index contributed by atoms with van der Waals surface area (Å²) in [4.78, 5) is 0.0427. The molecule has 0 fully saturated rings. The highest BCUT2D eigenvalue weighted by molar-refractivity contribution is 9.10. The third kappa shape index (κ3) is 2.80. The fraction of sp³-hybridized carbons (Fsp3) is 0.412. The van der Waals surface area contributed by atoms with Crippen LogP contribution in [-0.4, -0.2) is 7.11 Å². The van der Waals surface area contributed by atoms with E-state index in [4.69, 9.17) is 9.15 Å². The molecular formula is C17H20Br2O2. The molecule has 0 saturated heterocycles. The zero-order valence-electron chi connectivity index (χ0n) is 13.2. The van der Waals surface area contributed by atoms with Gasteiger partial charge in [-0.15, -0.1) is 0 Å². The van der Waals surface area contributed by atoms with E-state index in [0.29, 0.717) is 0 Å². The largest absolute Gasteiger partial charge is 0.496 e. The third-order valence-electron chi connectivity index (χ3n) is 4.04. The van der Waals surface area contributed by atoms with Gasteiger partial charge in [0.1, 0.15) is 17.3 Å². The zero-order chi connectivity index (χ0) is 15.9. The molecule has 21 heavy (non-hydrogen) atoms. The maximum atomic E-state index is 5.78. The van der Waals surface area contributed by atoms with Gasteiger partial charge in [-0.2, -0.15) is 0 Å². The van der Waals surface area contributed by atoms with Crippen molar-refractivity contribution in [3.8, 4) is 5.75 Å². The van der Waals surface area contributed by atoms with Crippen molar-refractivity contribution >= 4 is 31.9 Å². The number of methoxy groups -OCH3 is 1. The number of aryl methyl sites for hydroxylation is 3. The molecular weight excluding hydrogens is 396 g/mol. The molecule has 4 heteroatoms. The van der Waals surface area contributed by atoms with E-state index in [9.17, 15) is 0 Å². The molecule has 1 atom stereocenters.